The first kappa shape index (κ1) is 14.3. The normalized spacial score (nSPS) is 16.0. The van der Waals surface area contributed by atoms with Crippen molar-refractivity contribution in [2.45, 2.75) is 12.8 Å². The molecule has 2 aromatic carbocycles. The lowest BCUT2D eigenvalue weighted by atomic mass is 10.1. The minimum absolute atomic E-state index is 0.0909. The summed E-state index contributed by atoms with van der Waals surface area (Å²) in [5, 5.41) is 9.94. The van der Waals surface area contributed by atoms with Crippen molar-refractivity contribution >= 4 is 11.6 Å². The van der Waals surface area contributed by atoms with E-state index in [1.807, 2.05) is 42.5 Å². The number of hydrogen-bond acceptors (Lipinski definition) is 6. The Morgan fingerprint density at radius 2 is 1.92 bits per heavy atom. The minimum Gasteiger partial charge on any atom is -0.485 e. The molecular weight excluding hydrogens is 308 g/mol. The maximum absolute atomic E-state index is 12.2. The van der Waals surface area contributed by atoms with E-state index in [0.29, 0.717) is 17.1 Å². The Balaban J connectivity index is 1.46. The predicted octanol–water partition coefficient (Wildman–Crippen LogP) is 2.50. The van der Waals surface area contributed by atoms with Crippen molar-refractivity contribution < 1.29 is 14.1 Å². The third-order valence-corrected chi connectivity index (χ3v) is 3.74. The number of anilines is 1. The highest BCUT2D eigenvalue weighted by atomic mass is 16.5. The number of amides is 1. The molecule has 0 saturated carbocycles. The van der Waals surface area contributed by atoms with Gasteiger partial charge in [0.2, 0.25) is 12.2 Å². The molecule has 3 aromatic rings. The molecule has 2 N–H and O–H groups in total. The Morgan fingerprint density at radius 3 is 2.71 bits per heavy atom. The molecule has 0 spiro atoms. The highest BCUT2D eigenvalue weighted by Crippen LogP contribution is 2.27. The molecule has 1 atom stereocenters. The molecule has 0 aliphatic carbocycles. The molecule has 1 aromatic heterocycles. The van der Waals surface area contributed by atoms with Crippen molar-refractivity contribution in [2.24, 2.45) is 0 Å². The molecule has 0 fully saturated rings. The van der Waals surface area contributed by atoms with Gasteiger partial charge in [-0.3, -0.25) is 4.79 Å². The molecule has 0 saturated heterocycles. The molecule has 1 aliphatic heterocycles. The van der Waals surface area contributed by atoms with Gasteiger partial charge in [-0.15, -0.1) is 0 Å². The van der Waals surface area contributed by atoms with Crippen LogP contribution in [-0.2, 0) is 6.61 Å². The lowest BCUT2D eigenvalue weighted by molar-refractivity contribution is 0.0935. The maximum Gasteiger partial charge on any atom is 0.255 e. The van der Waals surface area contributed by atoms with Crippen molar-refractivity contribution in [2.75, 3.05) is 5.32 Å². The Labute approximate surface area is 137 Å². The number of benzene rings is 2. The maximum atomic E-state index is 12.2. The van der Waals surface area contributed by atoms with Crippen LogP contribution in [0.1, 0.15) is 27.9 Å². The van der Waals surface area contributed by atoms with Gasteiger partial charge >= 0.3 is 0 Å². The van der Waals surface area contributed by atoms with Gasteiger partial charge in [0.25, 0.3) is 5.91 Å². The average molecular weight is 322 g/mol. The third kappa shape index (κ3) is 2.79. The number of nitrogens with zero attached hydrogens (tertiary/aromatic N) is 2. The molecule has 120 valence electrons. The van der Waals surface area contributed by atoms with Crippen LogP contribution in [0.3, 0.4) is 0 Å². The lowest BCUT2D eigenvalue weighted by Crippen LogP contribution is -2.38. The molecule has 1 aliphatic rings. The number of ether oxygens (including phenoxy) is 1. The minimum atomic E-state index is -0.279. The molecule has 2 heterocycles. The molecule has 1 amide bonds. The summed E-state index contributed by atoms with van der Waals surface area (Å²) in [7, 11) is 0. The van der Waals surface area contributed by atoms with Crippen LogP contribution >= 0.6 is 0 Å². The second-order valence-corrected chi connectivity index (χ2v) is 5.30. The van der Waals surface area contributed by atoms with Gasteiger partial charge < -0.3 is 19.9 Å². The van der Waals surface area contributed by atoms with Crippen LogP contribution in [0.25, 0.3) is 0 Å². The Hall–Kier alpha value is -3.35. The molecule has 7 nitrogen and oxygen atoms in total. The smallest absolute Gasteiger partial charge is 0.255 e. The first-order chi connectivity index (χ1) is 11.8. The first-order valence-corrected chi connectivity index (χ1v) is 7.44. The fourth-order valence-electron chi connectivity index (χ4n) is 2.53. The van der Waals surface area contributed by atoms with Gasteiger partial charge in [-0.2, -0.15) is 4.98 Å². The third-order valence-electron chi connectivity index (χ3n) is 3.74. The van der Waals surface area contributed by atoms with E-state index in [1.54, 1.807) is 6.07 Å². The molecule has 24 heavy (non-hydrogen) atoms. The van der Waals surface area contributed by atoms with E-state index >= 15 is 0 Å². The van der Waals surface area contributed by atoms with Crippen LogP contribution in [-0.4, -0.2) is 16.0 Å². The van der Waals surface area contributed by atoms with Crippen molar-refractivity contribution in [1.29, 1.82) is 0 Å². The summed E-state index contributed by atoms with van der Waals surface area (Å²) in [4.78, 5) is 16.1. The molecule has 0 unspecified atom stereocenters. The van der Waals surface area contributed by atoms with Crippen LogP contribution < -0.4 is 15.4 Å². The van der Waals surface area contributed by atoms with Crippen LogP contribution in [0.15, 0.2) is 59.4 Å². The fraction of sp³-hybridized carbons (Fsp3) is 0.118. The molecule has 7 heteroatoms. The van der Waals surface area contributed by atoms with E-state index in [-0.39, 0.29) is 18.7 Å². The zero-order valence-corrected chi connectivity index (χ0v) is 12.6. The van der Waals surface area contributed by atoms with Crippen LogP contribution in [0, 0.1) is 0 Å². The lowest BCUT2D eigenvalue weighted by Gasteiger charge is -2.28. The molecular formula is C17H14N4O3. The second-order valence-electron chi connectivity index (χ2n) is 5.30. The van der Waals surface area contributed by atoms with Crippen molar-refractivity contribution in [3.8, 4) is 5.75 Å². The summed E-state index contributed by atoms with van der Waals surface area (Å²) < 4.78 is 10.2. The second kappa shape index (κ2) is 6.04. The average Bonchev–Trinajstić information content (AvgIpc) is 3.14. The van der Waals surface area contributed by atoms with E-state index in [1.165, 1.54) is 6.39 Å². The summed E-state index contributed by atoms with van der Waals surface area (Å²) in [6, 6.07) is 14.9. The van der Waals surface area contributed by atoms with Crippen LogP contribution in [0.4, 0.5) is 5.69 Å². The number of carbonyl (C=O) groups is 1. The monoisotopic (exact) mass is 322 g/mol. The SMILES string of the molecule is O=C1N[C@H](c2ccc(OCc3ncon3)cc2)Nc2ccccc21. The quantitative estimate of drug-likeness (QED) is 0.767. The largest absolute Gasteiger partial charge is 0.485 e. The summed E-state index contributed by atoms with van der Waals surface area (Å²) in [6.07, 6.45) is 0.982. The van der Waals surface area contributed by atoms with E-state index < -0.39 is 0 Å². The molecule has 0 radical (unpaired) electrons. The van der Waals surface area contributed by atoms with E-state index in [0.717, 1.165) is 11.3 Å². The highest BCUT2D eigenvalue weighted by Gasteiger charge is 2.23. The van der Waals surface area contributed by atoms with Crippen molar-refractivity contribution in [1.82, 2.24) is 15.5 Å². The number of hydrogen-bond donors (Lipinski definition) is 2. The Kier molecular flexibility index (Phi) is 3.59. The molecule has 4 rings (SSSR count). The van der Waals surface area contributed by atoms with E-state index in [2.05, 4.69) is 25.3 Å². The zero-order valence-electron chi connectivity index (χ0n) is 12.6. The van der Waals surface area contributed by atoms with Gasteiger partial charge in [0.05, 0.1) is 5.56 Å². The summed E-state index contributed by atoms with van der Waals surface area (Å²) >= 11 is 0. The van der Waals surface area contributed by atoms with Crippen molar-refractivity contribution in [3.05, 3.63) is 71.9 Å². The number of nitrogens with one attached hydrogen (secondary N) is 2. The summed E-state index contributed by atoms with van der Waals surface area (Å²) in [5.41, 5.74) is 2.40. The predicted molar refractivity (Wildman–Crippen MR) is 85.3 cm³/mol. The summed E-state index contributed by atoms with van der Waals surface area (Å²) in [6.45, 7) is 0.238. The van der Waals surface area contributed by atoms with Gasteiger partial charge in [-0.25, -0.2) is 0 Å². The fourth-order valence-corrected chi connectivity index (χ4v) is 2.53. The molecule has 0 bridgehead atoms. The number of para-hydroxylation sites is 1. The Bertz CT molecular complexity index is 847. The standard InChI is InChI=1S/C17H14N4O3/c22-17-13-3-1-2-4-14(13)19-16(20-17)11-5-7-12(8-6-11)23-9-15-18-10-24-21-15/h1-8,10,16,19H,9H2,(H,20,22)/t16-/m1/s1. The van der Waals surface area contributed by atoms with Crippen molar-refractivity contribution in [3.63, 3.8) is 0 Å². The van der Waals surface area contributed by atoms with Gasteiger partial charge in [0.1, 0.15) is 11.9 Å². The topological polar surface area (TPSA) is 89.3 Å². The Morgan fingerprint density at radius 1 is 1.08 bits per heavy atom. The number of fused-ring (bicyclic) bond motifs is 1. The van der Waals surface area contributed by atoms with Gasteiger partial charge in [-0.05, 0) is 29.8 Å². The van der Waals surface area contributed by atoms with E-state index in [9.17, 15) is 4.79 Å². The number of carbonyl (C=O) groups excluding carboxylic acids is 1. The summed E-state index contributed by atoms with van der Waals surface area (Å²) in [5.74, 6) is 1.08. The van der Waals surface area contributed by atoms with Crippen LogP contribution in [0.5, 0.6) is 5.75 Å². The first-order valence-electron chi connectivity index (χ1n) is 7.44. The van der Waals surface area contributed by atoms with E-state index in [4.69, 9.17) is 4.74 Å². The zero-order chi connectivity index (χ0) is 16.4. The van der Waals surface area contributed by atoms with Crippen LogP contribution in [0.2, 0.25) is 0 Å². The number of rotatable bonds is 4. The highest BCUT2D eigenvalue weighted by molar-refractivity contribution is 6.01. The number of aromatic nitrogens is 2. The van der Waals surface area contributed by atoms with Gasteiger partial charge in [-0.1, -0.05) is 29.4 Å². The van der Waals surface area contributed by atoms with Gasteiger partial charge in [0.15, 0.2) is 6.61 Å². The van der Waals surface area contributed by atoms with Gasteiger partial charge in [0, 0.05) is 5.69 Å².